The molecule has 0 radical (unpaired) electrons. The van der Waals surface area contributed by atoms with Gasteiger partial charge in [-0.2, -0.15) is 0 Å². The Balaban J connectivity index is 2.64. The maximum Gasteiger partial charge on any atom is 0.170 e. The van der Waals surface area contributed by atoms with E-state index < -0.39 is 0 Å². The highest BCUT2D eigenvalue weighted by atomic mass is 35.5. The van der Waals surface area contributed by atoms with E-state index in [-0.39, 0.29) is 5.78 Å². The summed E-state index contributed by atoms with van der Waals surface area (Å²) >= 11 is 5.97. The van der Waals surface area contributed by atoms with Crippen molar-refractivity contribution in [3.05, 3.63) is 22.7 Å². The molecule has 1 aromatic carbocycles. The molecule has 0 spiro atoms. The number of ether oxygens (including phenoxy) is 1. The Morgan fingerprint density at radius 2 is 2.29 bits per heavy atom. The first-order valence-corrected chi connectivity index (χ1v) is 4.75. The summed E-state index contributed by atoms with van der Waals surface area (Å²) in [6.07, 6.45) is 0.490. The van der Waals surface area contributed by atoms with Gasteiger partial charge < -0.3 is 10.1 Å². The van der Waals surface area contributed by atoms with Crippen LogP contribution in [0.4, 0.5) is 5.69 Å². The van der Waals surface area contributed by atoms with Crippen molar-refractivity contribution >= 4 is 23.1 Å². The first kappa shape index (κ1) is 9.34. The van der Waals surface area contributed by atoms with Gasteiger partial charge in [0.05, 0.1) is 23.4 Å². The number of benzene rings is 1. The van der Waals surface area contributed by atoms with Gasteiger partial charge in [0.15, 0.2) is 5.78 Å². The van der Waals surface area contributed by atoms with Crippen LogP contribution in [0.3, 0.4) is 0 Å². The molecule has 1 aromatic rings. The number of rotatable bonds is 1. The van der Waals surface area contributed by atoms with E-state index in [1.165, 1.54) is 0 Å². The number of carbonyl (C=O) groups is 1. The molecule has 0 saturated heterocycles. The average Bonchev–Trinajstić information content (AvgIpc) is 2.20. The van der Waals surface area contributed by atoms with Gasteiger partial charge in [-0.05, 0) is 12.1 Å². The van der Waals surface area contributed by atoms with Crippen LogP contribution in [-0.4, -0.2) is 19.4 Å². The SMILES string of the molecule is COc1ccc(Cl)c2c1C(=O)CCN2. The molecule has 2 rings (SSSR count). The van der Waals surface area contributed by atoms with Gasteiger partial charge in [-0.1, -0.05) is 11.6 Å². The summed E-state index contributed by atoms with van der Waals surface area (Å²) in [7, 11) is 1.55. The van der Waals surface area contributed by atoms with Crippen molar-refractivity contribution in [3.63, 3.8) is 0 Å². The highest BCUT2D eigenvalue weighted by Crippen LogP contribution is 2.36. The zero-order valence-corrected chi connectivity index (χ0v) is 8.52. The summed E-state index contributed by atoms with van der Waals surface area (Å²) in [5, 5.41) is 3.67. The Bertz CT molecular complexity index is 390. The van der Waals surface area contributed by atoms with Gasteiger partial charge in [-0.15, -0.1) is 0 Å². The number of halogens is 1. The fourth-order valence-electron chi connectivity index (χ4n) is 1.60. The molecule has 0 unspecified atom stereocenters. The molecule has 0 saturated carbocycles. The lowest BCUT2D eigenvalue weighted by atomic mass is 10.0. The van der Waals surface area contributed by atoms with Gasteiger partial charge in [-0.3, -0.25) is 4.79 Å². The second-order valence-corrected chi connectivity index (χ2v) is 3.51. The van der Waals surface area contributed by atoms with Crippen LogP contribution in [0.1, 0.15) is 16.8 Å². The zero-order valence-electron chi connectivity index (χ0n) is 7.76. The predicted molar refractivity (Wildman–Crippen MR) is 55.4 cm³/mol. The van der Waals surface area contributed by atoms with E-state index in [2.05, 4.69) is 5.32 Å². The van der Waals surface area contributed by atoms with Crippen molar-refractivity contribution in [2.75, 3.05) is 19.0 Å². The molecule has 3 nitrogen and oxygen atoms in total. The normalized spacial score (nSPS) is 14.6. The first-order valence-electron chi connectivity index (χ1n) is 4.37. The number of hydrogen-bond acceptors (Lipinski definition) is 3. The van der Waals surface area contributed by atoms with Gasteiger partial charge >= 0.3 is 0 Å². The number of Topliss-reactive ketones (excluding diaryl/α,β-unsaturated/α-hetero) is 1. The van der Waals surface area contributed by atoms with Gasteiger partial charge in [0.1, 0.15) is 5.75 Å². The number of hydrogen-bond donors (Lipinski definition) is 1. The lowest BCUT2D eigenvalue weighted by Gasteiger charge is -2.20. The summed E-state index contributed by atoms with van der Waals surface area (Å²) < 4.78 is 5.12. The van der Waals surface area contributed by atoms with Crippen LogP contribution in [0.15, 0.2) is 12.1 Å². The van der Waals surface area contributed by atoms with E-state index in [1.54, 1.807) is 19.2 Å². The average molecular weight is 212 g/mol. The van der Waals surface area contributed by atoms with Crippen molar-refractivity contribution in [1.29, 1.82) is 0 Å². The third kappa shape index (κ3) is 1.34. The van der Waals surface area contributed by atoms with Gasteiger partial charge in [0.2, 0.25) is 0 Å². The van der Waals surface area contributed by atoms with Crippen molar-refractivity contribution in [2.24, 2.45) is 0 Å². The van der Waals surface area contributed by atoms with Crippen molar-refractivity contribution in [2.45, 2.75) is 6.42 Å². The Labute approximate surface area is 87.0 Å². The van der Waals surface area contributed by atoms with E-state index in [0.29, 0.717) is 35.0 Å². The second-order valence-electron chi connectivity index (χ2n) is 3.10. The molecule has 14 heavy (non-hydrogen) atoms. The minimum atomic E-state index is 0.0816. The van der Waals surface area contributed by atoms with Crippen LogP contribution < -0.4 is 10.1 Å². The Morgan fingerprint density at radius 1 is 1.50 bits per heavy atom. The topological polar surface area (TPSA) is 38.3 Å². The molecule has 0 aromatic heterocycles. The van der Waals surface area contributed by atoms with Crippen molar-refractivity contribution in [1.82, 2.24) is 0 Å². The molecule has 1 N–H and O–H groups in total. The summed E-state index contributed by atoms with van der Waals surface area (Å²) in [6, 6.07) is 3.44. The van der Waals surface area contributed by atoms with Crippen molar-refractivity contribution in [3.8, 4) is 5.75 Å². The number of anilines is 1. The third-order valence-electron chi connectivity index (χ3n) is 2.27. The van der Waals surface area contributed by atoms with Crippen LogP contribution >= 0.6 is 11.6 Å². The summed E-state index contributed by atoms with van der Waals surface area (Å²) in [6.45, 7) is 0.638. The molecule has 1 heterocycles. The second kappa shape index (κ2) is 3.50. The molecule has 1 aliphatic rings. The first-order chi connectivity index (χ1) is 6.74. The standard InChI is InChI=1S/C10H10ClNO2/c1-14-8-3-2-6(11)10-9(8)7(13)4-5-12-10/h2-3,12H,4-5H2,1H3. The molecular formula is C10H10ClNO2. The van der Waals surface area contributed by atoms with Crippen LogP contribution in [0.2, 0.25) is 5.02 Å². The number of fused-ring (bicyclic) bond motifs is 1. The van der Waals surface area contributed by atoms with E-state index >= 15 is 0 Å². The van der Waals surface area contributed by atoms with E-state index in [0.717, 1.165) is 0 Å². The molecule has 1 aliphatic heterocycles. The summed E-state index contributed by atoms with van der Waals surface area (Å²) in [5.74, 6) is 0.666. The molecule has 74 valence electrons. The maximum absolute atomic E-state index is 11.6. The molecule has 0 aliphatic carbocycles. The highest BCUT2D eigenvalue weighted by Gasteiger charge is 2.23. The van der Waals surface area contributed by atoms with E-state index in [4.69, 9.17) is 16.3 Å². The zero-order chi connectivity index (χ0) is 10.1. The van der Waals surface area contributed by atoms with Crippen LogP contribution in [0, 0.1) is 0 Å². The molecule has 0 fully saturated rings. The predicted octanol–water partition coefficient (Wildman–Crippen LogP) is 2.35. The fourth-order valence-corrected chi connectivity index (χ4v) is 1.83. The molecular weight excluding hydrogens is 202 g/mol. The molecule has 0 bridgehead atoms. The lowest BCUT2D eigenvalue weighted by Crippen LogP contribution is -2.19. The number of nitrogens with one attached hydrogen (secondary N) is 1. The smallest absolute Gasteiger partial charge is 0.170 e. The highest BCUT2D eigenvalue weighted by molar-refractivity contribution is 6.34. The fraction of sp³-hybridized carbons (Fsp3) is 0.300. The van der Waals surface area contributed by atoms with Gasteiger partial charge in [0.25, 0.3) is 0 Å². The van der Waals surface area contributed by atoms with Crippen LogP contribution in [0.25, 0.3) is 0 Å². The van der Waals surface area contributed by atoms with Crippen LogP contribution in [-0.2, 0) is 0 Å². The third-order valence-corrected chi connectivity index (χ3v) is 2.58. The van der Waals surface area contributed by atoms with Crippen LogP contribution in [0.5, 0.6) is 5.75 Å². The van der Waals surface area contributed by atoms with Gasteiger partial charge in [0, 0.05) is 13.0 Å². The molecule has 0 amide bonds. The Kier molecular flexibility index (Phi) is 2.33. The van der Waals surface area contributed by atoms with E-state index in [1.807, 2.05) is 0 Å². The quantitative estimate of drug-likeness (QED) is 0.775. The minimum Gasteiger partial charge on any atom is -0.496 e. The largest absolute Gasteiger partial charge is 0.496 e. The van der Waals surface area contributed by atoms with Crippen molar-refractivity contribution < 1.29 is 9.53 Å². The summed E-state index contributed by atoms with van der Waals surface area (Å²) in [4.78, 5) is 11.6. The Hall–Kier alpha value is -1.22. The minimum absolute atomic E-state index is 0.0816. The molecule has 0 atom stereocenters. The maximum atomic E-state index is 11.6. The summed E-state index contributed by atoms with van der Waals surface area (Å²) in [5.41, 5.74) is 1.27. The van der Waals surface area contributed by atoms with E-state index in [9.17, 15) is 4.79 Å². The van der Waals surface area contributed by atoms with Gasteiger partial charge in [-0.25, -0.2) is 0 Å². The molecule has 4 heteroatoms. The number of carbonyl (C=O) groups excluding carboxylic acids is 1. The number of ketones is 1. The number of methoxy groups -OCH3 is 1. The lowest BCUT2D eigenvalue weighted by molar-refractivity contribution is 0.0980. The monoisotopic (exact) mass is 211 g/mol. The Morgan fingerprint density at radius 3 is 3.00 bits per heavy atom.